The third kappa shape index (κ3) is 1.25. The highest BCUT2D eigenvalue weighted by Crippen LogP contribution is 2.26. The molecule has 3 nitrogen and oxygen atoms in total. The summed E-state index contributed by atoms with van der Waals surface area (Å²) in [6.45, 7) is 5.80. The largest absolute Gasteiger partial charge is 0.619 e. The molecule has 12 heavy (non-hydrogen) atoms. The van der Waals surface area contributed by atoms with E-state index in [0.29, 0.717) is 0 Å². The monoisotopic (exact) mass is 169 g/mol. The molecule has 0 radical (unpaired) electrons. The molecule has 2 unspecified atom stereocenters. The highest BCUT2D eigenvalue weighted by atomic mass is 16.5. The van der Waals surface area contributed by atoms with Gasteiger partial charge in [-0.25, -0.2) is 0 Å². The lowest BCUT2D eigenvalue weighted by Crippen LogP contribution is -2.41. The van der Waals surface area contributed by atoms with Gasteiger partial charge in [0, 0.05) is 20.1 Å². The molecule has 1 aliphatic rings. The molecule has 0 aromatic heterocycles. The highest BCUT2D eigenvalue weighted by molar-refractivity contribution is 5.81. The number of hydrogen-bond donors (Lipinski definition) is 0. The predicted octanol–water partition coefficient (Wildman–Crippen LogP) is 1.53. The molecule has 0 aliphatic carbocycles. The van der Waals surface area contributed by atoms with Crippen molar-refractivity contribution in [3.63, 3.8) is 0 Å². The third-order valence-electron chi connectivity index (χ3n) is 2.81. The Bertz CT molecular complexity index is 245. The summed E-state index contributed by atoms with van der Waals surface area (Å²) in [5.74, 6) is 0.130. The maximum absolute atomic E-state index is 11.1. The summed E-state index contributed by atoms with van der Waals surface area (Å²) in [4.78, 5) is 0. The molecule has 0 spiro atoms. The zero-order valence-corrected chi connectivity index (χ0v) is 8.00. The Kier molecular flexibility index (Phi) is 2.24. The van der Waals surface area contributed by atoms with Gasteiger partial charge < -0.3 is 9.94 Å². The second-order valence-corrected chi connectivity index (χ2v) is 3.39. The molecular formula is C9H15NO2. The molecule has 2 atom stereocenters. The van der Waals surface area contributed by atoms with Crippen molar-refractivity contribution < 1.29 is 9.48 Å². The van der Waals surface area contributed by atoms with Gasteiger partial charge >= 0.3 is 0 Å². The minimum absolute atomic E-state index is 0.130. The van der Waals surface area contributed by atoms with Gasteiger partial charge in [-0.15, -0.1) is 0 Å². The minimum atomic E-state index is -0.328. The lowest BCUT2D eigenvalue weighted by atomic mass is 9.85. The fourth-order valence-corrected chi connectivity index (χ4v) is 1.33. The highest BCUT2D eigenvalue weighted by Gasteiger charge is 2.36. The van der Waals surface area contributed by atoms with Crippen LogP contribution < -0.4 is 0 Å². The van der Waals surface area contributed by atoms with Gasteiger partial charge in [-0.3, -0.25) is 0 Å². The van der Waals surface area contributed by atoms with Gasteiger partial charge in [0.2, 0.25) is 0 Å². The lowest BCUT2D eigenvalue weighted by Gasteiger charge is -2.32. The van der Waals surface area contributed by atoms with Gasteiger partial charge in [0.25, 0.3) is 0 Å². The van der Waals surface area contributed by atoms with Crippen LogP contribution in [0.3, 0.4) is 0 Å². The van der Waals surface area contributed by atoms with Crippen molar-refractivity contribution in [2.24, 2.45) is 5.92 Å². The van der Waals surface area contributed by atoms with E-state index in [4.69, 9.17) is 4.74 Å². The molecule has 0 aromatic carbocycles. The second kappa shape index (κ2) is 2.90. The van der Waals surface area contributed by atoms with Gasteiger partial charge in [0.15, 0.2) is 11.9 Å². The van der Waals surface area contributed by atoms with E-state index in [1.165, 1.54) is 6.20 Å². The topological polar surface area (TPSA) is 35.3 Å². The van der Waals surface area contributed by atoms with E-state index in [2.05, 4.69) is 0 Å². The molecule has 0 saturated carbocycles. The Hall–Kier alpha value is -0.830. The summed E-state index contributed by atoms with van der Waals surface area (Å²) in [6, 6.07) is 0. The van der Waals surface area contributed by atoms with Gasteiger partial charge in [-0.05, 0) is 13.8 Å². The summed E-state index contributed by atoms with van der Waals surface area (Å²) in [7, 11) is 1.66. The van der Waals surface area contributed by atoms with Crippen LogP contribution in [0.15, 0.2) is 12.3 Å². The SMILES string of the molecule is COC1(C)C=C[N+]([O-])=C(C)C1C. The number of methoxy groups -OCH3 is 1. The van der Waals surface area contributed by atoms with Crippen molar-refractivity contribution >= 4 is 5.71 Å². The maximum atomic E-state index is 11.1. The third-order valence-corrected chi connectivity index (χ3v) is 2.81. The van der Waals surface area contributed by atoms with Crippen LogP contribution in [-0.4, -0.2) is 23.2 Å². The molecular weight excluding hydrogens is 154 g/mol. The van der Waals surface area contributed by atoms with Crippen LogP contribution in [-0.2, 0) is 4.74 Å². The number of nitrogens with zero attached hydrogens (tertiary/aromatic N) is 1. The van der Waals surface area contributed by atoms with Crippen LogP contribution in [0.2, 0.25) is 0 Å². The summed E-state index contributed by atoms with van der Waals surface area (Å²) in [6.07, 6.45) is 3.32. The van der Waals surface area contributed by atoms with Crippen LogP contribution in [0, 0.1) is 11.1 Å². The zero-order chi connectivity index (χ0) is 9.35. The Morgan fingerprint density at radius 2 is 2.25 bits per heavy atom. The Balaban J connectivity index is 2.99. The van der Waals surface area contributed by atoms with Crippen LogP contribution in [0.4, 0.5) is 0 Å². The molecule has 0 aromatic rings. The van der Waals surface area contributed by atoms with E-state index in [9.17, 15) is 5.21 Å². The molecule has 68 valence electrons. The van der Waals surface area contributed by atoms with Crippen LogP contribution in [0.25, 0.3) is 0 Å². The zero-order valence-electron chi connectivity index (χ0n) is 8.00. The predicted molar refractivity (Wildman–Crippen MR) is 48.0 cm³/mol. The van der Waals surface area contributed by atoms with E-state index in [0.717, 1.165) is 10.5 Å². The molecule has 0 saturated heterocycles. The summed E-state index contributed by atoms with van der Waals surface area (Å²) in [5.41, 5.74) is 0.465. The Labute approximate surface area is 72.9 Å². The molecule has 0 amide bonds. The molecule has 1 rings (SSSR count). The molecule has 0 bridgehead atoms. The van der Waals surface area contributed by atoms with E-state index in [1.807, 2.05) is 20.8 Å². The van der Waals surface area contributed by atoms with Gasteiger partial charge in [-0.1, -0.05) is 0 Å². The average Bonchev–Trinajstić information content (AvgIpc) is 2.09. The van der Waals surface area contributed by atoms with E-state index in [-0.39, 0.29) is 11.5 Å². The van der Waals surface area contributed by atoms with Crippen LogP contribution >= 0.6 is 0 Å². The fraction of sp³-hybridized carbons (Fsp3) is 0.667. The lowest BCUT2D eigenvalue weighted by molar-refractivity contribution is -0.388. The minimum Gasteiger partial charge on any atom is -0.619 e. The average molecular weight is 169 g/mol. The van der Waals surface area contributed by atoms with Crippen molar-refractivity contribution in [1.29, 1.82) is 0 Å². The number of rotatable bonds is 1. The van der Waals surface area contributed by atoms with Crippen molar-refractivity contribution in [3.05, 3.63) is 17.5 Å². The van der Waals surface area contributed by atoms with Gasteiger partial charge in [0.1, 0.15) is 5.60 Å². The number of hydrogen-bond acceptors (Lipinski definition) is 2. The number of hydroxylamine groups is 1. The molecule has 0 N–H and O–H groups in total. The molecule has 1 heterocycles. The van der Waals surface area contributed by atoms with Crippen LogP contribution in [0.1, 0.15) is 20.8 Å². The summed E-state index contributed by atoms with van der Waals surface area (Å²) >= 11 is 0. The molecule has 0 fully saturated rings. The first-order valence-electron chi connectivity index (χ1n) is 4.05. The standard InChI is InChI=1S/C9H15NO2/c1-7-8(2)10(11)6-5-9(7,3)12-4/h5-7H,1-4H3. The first-order valence-corrected chi connectivity index (χ1v) is 4.05. The normalized spacial score (nSPS) is 35.8. The van der Waals surface area contributed by atoms with Crippen molar-refractivity contribution in [2.45, 2.75) is 26.4 Å². The Morgan fingerprint density at radius 3 is 2.75 bits per heavy atom. The second-order valence-electron chi connectivity index (χ2n) is 3.39. The van der Waals surface area contributed by atoms with Crippen molar-refractivity contribution in [3.8, 4) is 0 Å². The fourth-order valence-electron chi connectivity index (χ4n) is 1.33. The van der Waals surface area contributed by atoms with Gasteiger partial charge in [-0.2, -0.15) is 4.74 Å². The van der Waals surface area contributed by atoms with Crippen LogP contribution in [0.5, 0.6) is 0 Å². The molecule has 1 aliphatic heterocycles. The summed E-state index contributed by atoms with van der Waals surface area (Å²) < 4.78 is 6.23. The quantitative estimate of drug-likeness (QED) is 0.440. The van der Waals surface area contributed by atoms with E-state index in [1.54, 1.807) is 13.2 Å². The van der Waals surface area contributed by atoms with E-state index < -0.39 is 0 Å². The Morgan fingerprint density at radius 1 is 1.67 bits per heavy atom. The van der Waals surface area contributed by atoms with Crippen molar-refractivity contribution in [1.82, 2.24) is 0 Å². The smallest absolute Gasteiger partial charge is 0.179 e. The van der Waals surface area contributed by atoms with Crippen molar-refractivity contribution in [2.75, 3.05) is 7.11 Å². The van der Waals surface area contributed by atoms with E-state index >= 15 is 0 Å². The maximum Gasteiger partial charge on any atom is 0.179 e. The first kappa shape index (κ1) is 9.26. The van der Waals surface area contributed by atoms with Gasteiger partial charge in [0.05, 0.1) is 5.92 Å². The number of ether oxygens (including phenoxy) is 1. The summed E-state index contributed by atoms with van der Waals surface area (Å²) in [5, 5.41) is 11.1. The first-order chi connectivity index (χ1) is 5.51. The molecule has 3 heteroatoms.